The number of benzene rings is 7. The highest BCUT2D eigenvalue weighted by atomic mass is 15.1. The minimum atomic E-state index is -0.0277. The lowest BCUT2D eigenvalue weighted by Gasteiger charge is -2.30. The fraction of sp³-hybridized carbons (Fsp3) is 0.245. The first-order chi connectivity index (χ1) is 26.2. The topological polar surface area (TPSA) is 3.24 Å². The van der Waals surface area contributed by atoms with Gasteiger partial charge in [-0.15, -0.1) is 0 Å². The summed E-state index contributed by atoms with van der Waals surface area (Å²) >= 11 is 0. The predicted molar refractivity (Wildman–Crippen MR) is 232 cm³/mol. The summed E-state index contributed by atoms with van der Waals surface area (Å²) in [6.07, 6.45) is 6.57. The van der Waals surface area contributed by atoms with E-state index < -0.39 is 0 Å². The summed E-state index contributed by atoms with van der Waals surface area (Å²) in [7, 11) is 0. The number of fused-ring (bicyclic) bond motifs is 4. The Morgan fingerprint density at radius 1 is 0.519 bits per heavy atom. The average molecular weight is 702 g/mol. The molecule has 1 heteroatoms. The molecule has 0 bridgehead atoms. The van der Waals surface area contributed by atoms with Crippen LogP contribution < -0.4 is 4.90 Å². The van der Waals surface area contributed by atoms with Crippen molar-refractivity contribution in [1.29, 1.82) is 0 Å². The third kappa shape index (κ3) is 5.95. The first-order valence-corrected chi connectivity index (χ1v) is 20.0. The number of rotatable bonds is 6. The summed E-state index contributed by atoms with van der Waals surface area (Å²) in [6.45, 7) is 11.6. The lowest BCUT2D eigenvalue weighted by Crippen LogP contribution is -2.15. The van der Waals surface area contributed by atoms with Crippen molar-refractivity contribution in [1.82, 2.24) is 0 Å². The summed E-state index contributed by atoms with van der Waals surface area (Å²) in [4.78, 5) is 2.47. The summed E-state index contributed by atoms with van der Waals surface area (Å²) in [5, 5.41) is 2.75. The SMILES string of the molecule is CC(C)(C)c1ccc(N(c2ccc(-c3ccc4c(c3)C(C)(C)c3ccccc3-4)cc2)c2ccccc2-c2cccc3cccc(C4CCCCC4)c23)cc1. The van der Waals surface area contributed by atoms with Crippen LogP contribution in [0.25, 0.3) is 44.2 Å². The second kappa shape index (κ2) is 13.5. The number of para-hydroxylation sites is 1. The molecule has 0 saturated heterocycles. The fourth-order valence-electron chi connectivity index (χ4n) is 9.47. The quantitative estimate of drug-likeness (QED) is 0.167. The van der Waals surface area contributed by atoms with Gasteiger partial charge in [0.05, 0.1) is 5.69 Å². The third-order valence-corrected chi connectivity index (χ3v) is 12.5. The van der Waals surface area contributed by atoms with Crippen molar-refractivity contribution in [3.8, 4) is 33.4 Å². The van der Waals surface area contributed by atoms with E-state index in [0.29, 0.717) is 5.92 Å². The van der Waals surface area contributed by atoms with E-state index in [1.165, 1.54) is 104 Å². The molecular formula is C53H51N. The molecule has 0 aromatic heterocycles. The summed E-state index contributed by atoms with van der Waals surface area (Å²) in [5.41, 5.74) is 17.0. The number of hydrogen-bond acceptors (Lipinski definition) is 1. The molecule has 2 aliphatic carbocycles. The van der Waals surface area contributed by atoms with E-state index in [-0.39, 0.29) is 10.8 Å². The maximum absolute atomic E-state index is 2.47. The number of hydrogen-bond donors (Lipinski definition) is 0. The van der Waals surface area contributed by atoms with Gasteiger partial charge in [-0.2, -0.15) is 0 Å². The predicted octanol–water partition coefficient (Wildman–Crippen LogP) is 15.3. The Kier molecular flexibility index (Phi) is 8.57. The molecule has 1 saturated carbocycles. The molecule has 9 rings (SSSR count). The zero-order chi connectivity index (χ0) is 37.0. The molecule has 0 aliphatic heterocycles. The third-order valence-electron chi connectivity index (χ3n) is 12.5. The molecule has 7 aromatic carbocycles. The summed E-state index contributed by atoms with van der Waals surface area (Å²) in [5.74, 6) is 0.614. The normalized spacial score (nSPS) is 15.2. The molecule has 7 aromatic rings. The Hall–Kier alpha value is -5.40. The van der Waals surface area contributed by atoms with Gasteiger partial charge in [0.15, 0.2) is 0 Å². The Labute approximate surface area is 322 Å². The van der Waals surface area contributed by atoms with Crippen molar-refractivity contribution in [2.75, 3.05) is 4.90 Å². The van der Waals surface area contributed by atoms with Crippen LogP contribution in [0.3, 0.4) is 0 Å². The van der Waals surface area contributed by atoms with E-state index in [9.17, 15) is 0 Å². The average Bonchev–Trinajstić information content (AvgIpc) is 3.43. The Morgan fingerprint density at radius 2 is 1.11 bits per heavy atom. The summed E-state index contributed by atoms with van der Waals surface area (Å²) < 4.78 is 0. The standard InChI is InChI=1S/C53H51N/c1-52(2,3)40-28-32-42(33-29-40)54(41-30-25-36(26-31-41)39-27-34-45-44-19-9-11-23-48(44)53(4,5)49(45)35-39)50-24-12-10-20-46(50)47-22-14-18-38-17-13-21-43(51(38)47)37-15-7-6-8-16-37/h9-14,17-35,37H,6-8,15-16H2,1-5H3. The van der Waals surface area contributed by atoms with E-state index >= 15 is 0 Å². The van der Waals surface area contributed by atoms with Gasteiger partial charge in [0.2, 0.25) is 0 Å². The maximum Gasteiger partial charge on any atom is 0.0540 e. The highest BCUT2D eigenvalue weighted by molar-refractivity contribution is 6.03. The van der Waals surface area contributed by atoms with Gasteiger partial charge in [-0.3, -0.25) is 0 Å². The van der Waals surface area contributed by atoms with Crippen molar-refractivity contribution < 1.29 is 0 Å². The van der Waals surface area contributed by atoms with Crippen molar-refractivity contribution in [2.24, 2.45) is 0 Å². The lowest BCUT2D eigenvalue weighted by molar-refractivity contribution is 0.445. The van der Waals surface area contributed by atoms with Crippen LogP contribution in [0.2, 0.25) is 0 Å². The summed E-state index contributed by atoms with van der Waals surface area (Å²) in [6, 6.07) is 57.3. The molecule has 1 fully saturated rings. The highest BCUT2D eigenvalue weighted by Gasteiger charge is 2.35. The zero-order valence-corrected chi connectivity index (χ0v) is 32.5. The molecule has 0 unspecified atom stereocenters. The molecule has 268 valence electrons. The molecule has 0 atom stereocenters. The van der Waals surface area contributed by atoms with Crippen LogP contribution in [0.15, 0.2) is 152 Å². The second-order valence-electron chi connectivity index (χ2n) is 17.2. The van der Waals surface area contributed by atoms with Crippen molar-refractivity contribution in [3.05, 3.63) is 174 Å². The van der Waals surface area contributed by atoms with Crippen LogP contribution in [0, 0.1) is 0 Å². The van der Waals surface area contributed by atoms with Gasteiger partial charge < -0.3 is 4.90 Å². The molecule has 0 amide bonds. The largest absolute Gasteiger partial charge is 0.310 e. The number of anilines is 3. The molecule has 1 nitrogen and oxygen atoms in total. The van der Waals surface area contributed by atoms with Crippen LogP contribution in [-0.4, -0.2) is 0 Å². The van der Waals surface area contributed by atoms with Gasteiger partial charge in [-0.1, -0.05) is 169 Å². The van der Waals surface area contributed by atoms with Gasteiger partial charge >= 0.3 is 0 Å². The van der Waals surface area contributed by atoms with E-state index in [0.717, 1.165) is 11.4 Å². The molecule has 0 heterocycles. The highest BCUT2D eigenvalue weighted by Crippen LogP contribution is 2.50. The van der Waals surface area contributed by atoms with Crippen molar-refractivity contribution in [2.45, 2.75) is 83.5 Å². The zero-order valence-electron chi connectivity index (χ0n) is 32.5. The van der Waals surface area contributed by atoms with Crippen molar-refractivity contribution >= 4 is 27.8 Å². The van der Waals surface area contributed by atoms with E-state index in [1.807, 2.05) is 0 Å². The second-order valence-corrected chi connectivity index (χ2v) is 17.2. The van der Waals surface area contributed by atoms with Crippen LogP contribution in [0.5, 0.6) is 0 Å². The Balaban J connectivity index is 1.17. The molecule has 0 radical (unpaired) electrons. The first-order valence-electron chi connectivity index (χ1n) is 20.0. The van der Waals surface area contributed by atoms with Gasteiger partial charge in [0.1, 0.15) is 0 Å². The molecule has 2 aliphatic rings. The molecule has 54 heavy (non-hydrogen) atoms. The van der Waals surface area contributed by atoms with E-state index in [4.69, 9.17) is 0 Å². The van der Waals surface area contributed by atoms with Gasteiger partial charge in [0.25, 0.3) is 0 Å². The van der Waals surface area contributed by atoms with Gasteiger partial charge in [-0.05, 0) is 121 Å². The van der Waals surface area contributed by atoms with E-state index in [1.54, 1.807) is 0 Å². The molecule has 0 spiro atoms. The van der Waals surface area contributed by atoms with Gasteiger partial charge in [-0.25, -0.2) is 0 Å². The minimum absolute atomic E-state index is 0.0277. The monoisotopic (exact) mass is 701 g/mol. The molecular weight excluding hydrogens is 651 g/mol. The van der Waals surface area contributed by atoms with E-state index in [2.05, 4.69) is 191 Å². The lowest BCUT2D eigenvalue weighted by atomic mass is 9.80. The van der Waals surface area contributed by atoms with Crippen LogP contribution in [0.1, 0.15) is 94.9 Å². The number of nitrogens with zero attached hydrogens (tertiary/aromatic N) is 1. The maximum atomic E-state index is 2.47. The smallest absolute Gasteiger partial charge is 0.0540 e. The van der Waals surface area contributed by atoms with Crippen molar-refractivity contribution in [3.63, 3.8) is 0 Å². The fourth-order valence-corrected chi connectivity index (χ4v) is 9.47. The molecule has 0 N–H and O–H groups in total. The van der Waals surface area contributed by atoms with Crippen LogP contribution >= 0.6 is 0 Å². The van der Waals surface area contributed by atoms with Gasteiger partial charge in [0, 0.05) is 22.4 Å². The Morgan fingerprint density at radius 3 is 1.83 bits per heavy atom. The van der Waals surface area contributed by atoms with Crippen LogP contribution in [0.4, 0.5) is 17.1 Å². The van der Waals surface area contributed by atoms with Crippen LogP contribution in [-0.2, 0) is 10.8 Å². The first kappa shape index (κ1) is 34.4. The minimum Gasteiger partial charge on any atom is -0.310 e. The Bertz CT molecular complexity index is 2460.